The summed E-state index contributed by atoms with van der Waals surface area (Å²) >= 11 is 5.94. The van der Waals surface area contributed by atoms with Gasteiger partial charge in [0.1, 0.15) is 0 Å². The molecule has 0 unspecified atom stereocenters. The summed E-state index contributed by atoms with van der Waals surface area (Å²) in [5.41, 5.74) is 2.15. The number of halogens is 1. The molecule has 34 heavy (non-hydrogen) atoms. The van der Waals surface area contributed by atoms with Gasteiger partial charge in [0, 0.05) is 47.7 Å². The molecular formula is C23H23ClN8O2. The van der Waals surface area contributed by atoms with Crippen molar-refractivity contribution in [2.45, 2.75) is 6.54 Å². The van der Waals surface area contributed by atoms with Gasteiger partial charge in [-0.2, -0.15) is 0 Å². The van der Waals surface area contributed by atoms with Gasteiger partial charge in [0.15, 0.2) is 0 Å². The lowest BCUT2D eigenvalue weighted by molar-refractivity contribution is 0.102. The Kier molecular flexibility index (Phi) is 6.88. The summed E-state index contributed by atoms with van der Waals surface area (Å²) in [6.07, 6.45) is 0. The fourth-order valence-electron chi connectivity index (χ4n) is 3.47. The van der Waals surface area contributed by atoms with Crippen LogP contribution in [0.4, 0.5) is 22.1 Å². The molecule has 0 aliphatic rings. The monoisotopic (exact) mass is 478 g/mol. The number of nitrogens with one attached hydrogen (secondary N) is 3. The van der Waals surface area contributed by atoms with E-state index < -0.39 is 5.91 Å². The minimum Gasteiger partial charge on any atom is -0.377 e. The highest BCUT2D eigenvalue weighted by molar-refractivity contribution is 6.31. The number of carbonyl (C=O) groups excluding carboxylic acids is 2. The number of aromatic nitrogens is 4. The number of benzene rings is 3. The van der Waals surface area contributed by atoms with Crippen LogP contribution in [0.2, 0.25) is 5.02 Å². The van der Waals surface area contributed by atoms with Gasteiger partial charge in [-0.1, -0.05) is 47.0 Å². The quantitative estimate of drug-likeness (QED) is 0.373. The predicted molar refractivity (Wildman–Crippen MR) is 133 cm³/mol. The molecule has 3 amide bonds. The molecule has 0 bridgehead atoms. The first-order chi connectivity index (χ1) is 16.4. The van der Waals surface area contributed by atoms with Crippen molar-refractivity contribution in [1.29, 1.82) is 0 Å². The van der Waals surface area contributed by atoms with Crippen molar-refractivity contribution in [1.82, 2.24) is 25.5 Å². The van der Waals surface area contributed by atoms with Crippen molar-refractivity contribution in [3.63, 3.8) is 0 Å². The molecule has 1 heterocycles. The van der Waals surface area contributed by atoms with E-state index in [4.69, 9.17) is 11.6 Å². The zero-order chi connectivity index (χ0) is 24.1. The minimum absolute atomic E-state index is 0.164. The number of nitrogens with zero attached hydrogens (tertiary/aromatic N) is 5. The summed E-state index contributed by atoms with van der Waals surface area (Å²) in [5.74, 6) is -0.227. The third-order valence-electron chi connectivity index (χ3n) is 5.08. The van der Waals surface area contributed by atoms with Gasteiger partial charge in [0.25, 0.3) is 5.91 Å². The van der Waals surface area contributed by atoms with Crippen molar-refractivity contribution < 1.29 is 9.59 Å². The maximum absolute atomic E-state index is 12.5. The van der Waals surface area contributed by atoms with Gasteiger partial charge < -0.3 is 15.5 Å². The summed E-state index contributed by atoms with van der Waals surface area (Å²) in [6, 6.07) is 17.9. The first-order valence-corrected chi connectivity index (χ1v) is 10.9. The lowest BCUT2D eigenvalue weighted by Gasteiger charge is -2.18. The lowest BCUT2D eigenvalue weighted by atomic mass is 10.1. The van der Waals surface area contributed by atoms with Gasteiger partial charge in [0.2, 0.25) is 5.95 Å². The van der Waals surface area contributed by atoms with E-state index in [0.29, 0.717) is 16.3 Å². The minimum atomic E-state index is -0.391. The van der Waals surface area contributed by atoms with E-state index in [-0.39, 0.29) is 25.1 Å². The lowest BCUT2D eigenvalue weighted by Crippen LogP contribution is -2.32. The van der Waals surface area contributed by atoms with E-state index in [9.17, 15) is 9.59 Å². The Morgan fingerprint density at radius 2 is 1.79 bits per heavy atom. The molecule has 0 aliphatic heterocycles. The van der Waals surface area contributed by atoms with E-state index in [1.807, 2.05) is 55.4 Å². The molecule has 4 rings (SSSR count). The van der Waals surface area contributed by atoms with E-state index in [2.05, 4.69) is 31.5 Å². The van der Waals surface area contributed by atoms with Crippen LogP contribution in [0, 0.1) is 0 Å². The molecule has 0 saturated heterocycles. The summed E-state index contributed by atoms with van der Waals surface area (Å²) in [7, 11) is 3.96. The van der Waals surface area contributed by atoms with E-state index >= 15 is 0 Å². The zero-order valence-electron chi connectivity index (χ0n) is 18.6. The van der Waals surface area contributed by atoms with Crippen molar-refractivity contribution in [2.75, 3.05) is 36.2 Å². The topological polar surface area (TPSA) is 117 Å². The Bertz CT molecular complexity index is 1340. The molecule has 10 nitrogen and oxygen atoms in total. The molecule has 3 aromatic carbocycles. The van der Waals surface area contributed by atoms with Crippen molar-refractivity contribution in [2.24, 2.45) is 0 Å². The van der Waals surface area contributed by atoms with Crippen LogP contribution in [-0.2, 0) is 6.54 Å². The molecule has 0 radical (unpaired) electrons. The second-order valence-corrected chi connectivity index (χ2v) is 8.08. The number of anilines is 3. The molecule has 1 aromatic heterocycles. The van der Waals surface area contributed by atoms with Crippen LogP contribution >= 0.6 is 11.6 Å². The van der Waals surface area contributed by atoms with Gasteiger partial charge in [-0.3, -0.25) is 10.1 Å². The highest BCUT2D eigenvalue weighted by Gasteiger charge is 2.13. The fraction of sp³-hybridized carbons (Fsp3) is 0.174. The van der Waals surface area contributed by atoms with Crippen molar-refractivity contribution in [3.05, 3.63) is 71.2 Å². The number of hydrogen-bond donors (Lipinski definition) is 3. The van der Waals surface area contributed by atoms with Crippen LogP contribution in [-0.4, -0.2) is 52.8 Å². The third-order valence-corrected chi connectivity index (χ3v) is 5.32. The number of fused-ring (bicyclic) bond motifs is 1. The second kappa shape index (κ2) is 10.2. The number of amides is 3. The molecule has 0 spiro atoms. The number of urea groups is 1. The van der Waals surface area contributed by atoms with E-state index in [1.54, 1.807) is 24.3 Å². The van der Waals surface area contributed by atoms with Crippen molar-refractivity contribution in [3.8, 4) is 0 Å². The second-order valence-electron chi connectivity index (χ2n) is 7.64. The Balaban J connectivity index is 1.35. The van der Waals surface area contributed by atoms with Gasteiger partial charge in [-0.15, -0.1) is 0 Å². The van der Waals surface area contributed by atoms with Crippen LogP contribution in [0.3, 0.4) is 0 Å². The van der Waals surface area contributed by atoms with Gasteiger partial charge in [-0.05, 0) is 40.8 Å². The highest BCUT2D eigenvalue weighted by Crippen LogP contribution is 2.31. The van der Waals surface area contributed by atoms with Crippen LogP contribution in [0.5, 0.6) is 0 Å². The number of carbonyl (C=O) groups is 2. The van der Waals surface area contributed by atoms with Crippen LogP contribution in [0.15, 0.2) is 60.7 Å². The maximum Gasteiger partial charge on any atom is 0.319 e. The summed E-state index contributed by atoms with van der Waals surface area (Å²) in [5, 5.41) is 22.0. The fourth-order valence-corrected chi connectivity index (χ4v) is 3.66. The predicted octanol–water partition coefficient (Wildman–Crippen LogP) is 3.62. The Morgan fingerprint density at radius 1 is 1.00 bits per heavy atom. The first kappa shape index (κ1) is 23.0. The summed E-state index contributed by atoms with van der Waals surface area (Å²) in [4.78, 5) is 26.9. The number of rotatable bonds is 7. The van der Waals surface area contributed by atoms with Crippen LogP contribution in [0.25, 0.3) is 10.8 Å². The molecule has 0 saturated carbocycles. The van der Waals surface area contributed by atoms with Crippen LogP contribution < -0.4 is 20.9 Å². The Labute approximate surface area is 200 Å². The third kappa shape index (κ3) is 5.24. The highest BCUT2D eigenvalue weighted by atomic mass is 35.5. The zero-order valence-corrected chi connectivity index (χ0v) is 19.4. The smallest absolute Gasteiger partial charge is 0.319 e. The maximum atomic E-state index is 12.5. The number of hydrogen-bond acceptors (Lipinski definition) is 6. The molecular weight excluding hydrogens is 456 g/mol. The Morgan fingerprint density at radius 3 is 2.56 bits per heavy atom. The SMILES string of the molecule is CN(C)c1ccc(NC(=O)NCCn2nnnc2NC(=O)c2cccc(Cl)c2)c2ccccc12. The largest absolute Gasteiger partial charge is 0.377 e. The molecule has 0 aliphatic carbocycles. The normalized spacial score (nSPS) is 10.7. The molecule has 0 fully saturated rings. The molecule has 4 aromatic rings. The van der Waals surface area contributed by atoms with E-state index in [1.165, 1.54) is 4.68 Å². The number of tetrazole rings is 1. The Hall–Kier alpha value is -4.18. The molecule has 3 N–H and O–H groups in total. The molecule has 174 valence electrons. The summed E-state index contributed by atoms with van der Waals surface area (Å²) < 4.78 is 1.39. The van der Waals surface area contributed by atoms with Crippen LogP contribution in [0.1, 0.15) is 10.4 Å². The molecule has 0 atom stereocenters. The van der Waals surface area contributed by atoms with E-state index in [0.717, 1.165) is 16.5 Å². The van der Waals surface area contributed by atoms with Crippen molar-refractivity contribution >= 4 is 51.6 Å². The average Bonchev–Trinajstić information content (AvgIpc) is 3.25. The average molecular weight is 479 g/mol. The summed E-state index contributed by atoms with van der Waals surface area (Å²) in [6.45, 7) is 0.497. The first-order valence-electron chi connectivity index (χ1n) is 10.5. The molecule has 11 heteroatoms. The van der Waals surface area contributed by atoms with Gasteiger partial charge in [0.05, 0.1) is 12.2 Å². The van der Waals surface area contributed by atoms with Gasteiger partial charge >= 0.3 is 6.03 Å². The standard InChI is InChI=1S/C23H23ClN8O2/c1-31(2)20-11-10-19(17-8-3-4-9-18(17)20)26-23(34)25-12-13-32-22(28-29-30-32)27-21(33)15-6-5-7-16(24)14-15/h3-11,14H,12-13H2,1-2H3,(H2,25,26,34)(H,27,28,30,33). The van der Waals surface area contributed by atoms with Gasteiger partial charge in [-0.25, -0.2) is 9.48 Å².